The van der Waals surface area contributed by atoms with Crippen LogP contribution in [0.25, 0.3) is 0 Å². The molecule has 2 fully saturated rings. The zero-order valence-corrected chi connectivity index (χ0v) is 7.82. The predicted molar refractivity (Wildman–Crippen MR) is 44.3 cm³/mol. The Morgan fingerprint density at radius 2 is 2.15 bits per heavy atom. The minimum atomic E-state index is -0.734. The number of aliphatic hydroxyl groups excluding tert-OH is 1. The molecule has 0 bridgehead atoms. The first-order valence-corrected chi connectivity index (χ1v) is 4.37. The van der Waals surface area contributed by atoms with Crippen LogP contribution in [0.4, 0.5) is 0 Å². The van der Waals surface area contributed by atoms with Gasteiger partial charge in [0.1, 0.15) is 12.7 Å². The number of ether oxygens (including phenoxy) is 3. The third-order valence-corrected chi connectivity index (χ3v) is 2.90. The Morgan fingerprint density at radius 1 is 1.46 bits per heavy atom. The summed E-state index contributed by atoms with van der Waals surface area (Å²) in [5.74, 6) is -0.734. The molecule has 0 aliphatic carbocycles. The highest BCUT2D eigenvalue weighted by molar-refractivity contribution is 5.05. The number of β-amino-alcohol motifs (C(OH)–C–C–N with tert-alkyl or cyclic N) is 1. The SMILES string of the molecule is COC1(OC)CO[C@@H]2[C@H](O)CN[C@@H]21. The predicted octanol–water partition coefficient (Wildman–Crippen LogP) is -1.29. The molecule has 2 aliphatic rings. The highest BCUT2D eigenvalue weighted by Gasteiger charge is 2.56. The quantitative estimate of drug-likeness (QED) is 0.529. The van der Waals surface area contributed by atoms with Gasteiger partial charge >= 0.3 is 0 Å². The normalized spacial score (nSPS) is 42.2. The van der Waals surface area contributed by atoms with Gasteiger partial charge in [-0.1, -0.05) is 0 Å². The molecular weight excluding hydrogens is 174 g/mol. The van der Waals surface area contributed by atoms with E-state index < -0.39 is 11.9 Å². The molecule has 2 aliphatic heterocycles. The summed E-state index contributed by atoms with van der Waals surface area (Å²) in [6.07, 6.45) is -0.669. The van der Waals surface area contributed by atoms with Crippen LogP contribution in [0.2, 0.25) is 0 Å². The van der Waals surface area contributed by atoms with Crippen molar-refractivity contribution in [3.8, 4) is 0 Å². The highest BCUT2D eigenvalue weighted by atomic mass is 16.7. The number of fused-ring (bicyclic) bond motifs is 1. The number of rotatable bonds is 2. The average Bonchev–Trinajstić information content (AvgIpc) is 2.68. The van der Waals surface area contributed by atoms with Crippen LogP contribution in [-0.2, 0) is 14.2 Å². The van der Waals surface area contributed by atoms with E-state index >= 15 is 0 Å². The molecule has 5 nitrogen and oxygen atoms in total. The maximum Gasteiger partial charge on any atom is 0.209 e. The summed E-state index contributed by atoms with van der Waals surface area (Å²) in [6.45, 7) is 0.892. The molecule has 2 heterocycles. The van der Waals surface area contributed by atoms with Crippen molar-refractivity contribution >= 4 is 0 Å². The second kappa shape index (κ2) is 3.18. The minimum absolute atomic E-state index is 0.0718. The zero-order valence-electron chi connectivity index (χ0n) is 7.82. The van der Waals surface area contributed by atoms with Gasteiger partial charge in [0.2, 0.25) is 5.79 Å². The summed E-state index contributed by atoms with van der Waals surface area (Å²) in [6, 6.07) is -0.0718. The second-order valence-corrected chi connectivity index (χ2v) is 3.45. The van der Waals surface area contributed by atoms with Crippen LogP contribution in [0, 0.1) is 0 Å². The molecular formula is C8H15NO4. The topological polar surface area (TPSA) is 60.0 Å². The van der Waals surface area contributed by atoms with Gasteiger partial charge in [-0.15, -0.1) is 0 Å². The molecule has 13 heavy (non-hydrogen) atoms. The fraction of sp³-hybridized carbons (Fsp3) is 1.00. The first kappa shape index (κ1) is 9.36. The summed E-state index contributed by atoms with van der Waals surface area (Å²) in [7, 11) is 3.17. The number of hydrogen-bond donors (Lipinski definition) is 2. The number of nitrogens with one attached hydrogen (secondary N) is 1. The number of aliphatic hydroxyl groups is 1. The molecule has 3 atom stereocenters. The first-order valence-electron chi connectivity index (χ1n) is 4.37. The molecule has 2 saturated heterocycles. The summed E-state index contributed by atoms with van der Waals surface area (Å²) in [4.78, 5) is 0. The van der Waals surface area contributed by atoms with Crippen LogP contribution in [0.3, 0.4) is 0 Å². The first-order chi connectivity index (χ1) is 6.23. The number of methoxy groups -OCH3 is 2. The Bertz CT molecular complexity index is 195. The molecule has 0 aromatic carbocycles. The Kier molecular flexibility index (Phi) is 2.29. The van der Waals surface area contributed by atoms with Crippen molar-refractivity contribution in [1.82, 2.24) is 5.32 Å². The van der Waals surface area contributed by atoms with Gasteiger partial charge in [0.15, 0.2) is 0 Å². The van der Waals surface area contributed by atoms with Gasteiger partial charge in [0.05, 0.1) is 12.1 Å². The largest absolute Gasteiger partial charge is 0.389 e. The number of hydrogen-bond acceptors (Lipinski definition) is 5. The van der Waals surface area contributed by atoms with Crippen molar-refractivity contribution < 1.29 is 19.3 Å². The lowest BCUT2D eigenvalue weighted by Crippen LogP contribution is -2.51. The van der Waals surface area contributed by atoms with Crippen LogP contribution < -0.4 is 5.32 Å². The molecule has 0 unspecified atom stereocenters. The van der Waals surface area contributed by atoms with Crippen molar-refractivity contribution in [3.63, 3.8) is 0 Å². The van der Waals surface area contributed by atoms with E-state index in [0.717, 1.165) is 0 Å². The van der Waals surface area contributed by atoms with Crippen molar-refractivity contribution in [3.05, 3.63) is 0 Å². The van der Waals surface area contributed by atoms with Crippen molar-refractivity contribution in [2.45, 2.75) is 24.0 Å². The van der Waals surface area contributed by atoms with E-state index in [-0.39, 0.29) is 12.1 Å². The average molecular weight is 189 g/mol. The molecule has 2 rings (SSSR count). The van der Waals surface area contributed by atoms with Gasteiger partial charge in [-0.05, 0) is 0 Å². The molecule has 0 aromatic heterocycles. The summed E-state index contributed by atoms with van der Waals surface area (Å²) in [5, 5.41) is 12.7. The van der Waals surface area contributed by atoms with Gasteiger partial charge in [0.25, 0.3) is 0 Å². The van der Waals surface area contributed by atoms with Crippen molar-refractivity contribution in [2.75, 3.05) is 27.4 Å². The Labute approximate surface area is 77.0 Å². The molecule has 0 radical (unpaired) electrons. The van der Waals surface area contributed by atoms with Crippen LogP contribution in [0.1, 0.15) is 0 Å². The van der Waals surface area contributed by atoms with Gasteiger partial charge in [-0.2, -0.15) is 0 Å². The summed E-state index contributed by atoms with van der Waals surface area (Å²) in [5.41, 5.74) is 0. The lowest BCUT2D eigenvalue weighted by Gasteiger charge is -2.29. The molecule has 0 spiro atoms. The molecule has 0 amide bonds. The van der Waals surface area contributed by atoms with Crippen molar-refractivity contribution in [2.24, 2.45) is 0 Å². The standard InChI is InChI=1S/C8H15NO4/c1-11-8(12-2)4-13-6-5(10)3-9-7(6)8/h5-7,9-10H,3-4H2,1-2H3/t5-,6-,7+/m1/s1. The Balaban J connectivity index is 2.17. The smallest absolute Gasteiger partial charge is 0.209 e. The van der Waals surface area contributed by atoms with Crippen LogP contribution >= 0.6 is 0 Å². The van der Waals surface area contributed by atoms with Gasteiger partial charge in [-0.3, -0.25) is 0 Å². The second-order valence-electron chi connectivity index (χ2n) is 3.45. The van der Waals surface area contributed by atoms with E-state index in [4.69, 9.17) is 14.2 Å². The van der Waals surface area contributed by atoms with E-state index in [1.165, 1.54) is 0 Å². The maximum absolute atomic E-state index is 9.52. The van der Waals surface area contributed by atoms with E-state index in [1.807, 2.05) is 0 Å². The Morgan fingerprint density at radius 3 is 2.77 bits per heavy atom. The Hall–Kier alpha value is -0.200. The third-order valence-electron chi connectivity index (χ3n) is 2.90. The van der Waals surface area contributed by atoms with Gasteiger partial charge in [-0.25, -0.2) is 0 Å². The van der Waals surface area contributed by atoms with Crippen LogP contribution in [0.15, 0.2) is 0 Å². The highest BCUT2D eigenvalue weighted by Crippen LogP contribution is 2.33. The van der Waals surface area contributed by atoms with Gasteiger partial charge < -0.3 is 24.6 Å². The molecule has 2 N–H and O–H groups in total. The fourth-order valence-electron chi connectivity index (χ4n) is 2.07. The summed E-state index contributed by atoms with van der Waals surface area (Å²) >= 11 is 0. The van der Waals surface area contributed by atoms with Crippen LogP contribution in [0.5, 0.6) is 0 Å². The molecule has 5 heteroatoms. The molecule has 0 saturated carbocycles. The molecule has 0 aromatic rings. The zero-order chi connectivity index (χ0) is 9.47. The minimum Gasteiger partial charge on any atom is -0.389 e. The van der Waals surface area contributed by atoms with Crippen molar-refractivity contribution in [1.29, 1.82) is 0 Å². The summed E-state index contributed by atoms with van der Waals surface area (Å²) < 4.78 is 16.0. The van der Waals surface area contributed by atoms with Crippen LogP contribution in [-0.4, -0.2) is 56.5 Å². The maximum atomic E-state index is 9.52. The lowest BCUT2D eigenvalue weighted by atomic mass is 10.1. The third kappa shape index (κ3) is 1.19. The lowest BCUT2D eigenvalue weighted by molar-refractivity contribution is -0.213. The van der Waals surface area contributed by atoms with E-state index in [1.54, 1.807) is 14.2 Å². The van der Waals surface area contributed by atoms with E-state index in [2.05, 4.69) is 5.32 Å². The molecule has 76 valence electrons. The van der Waals surface area contributed by atoms with E-state index in [0.29, 0.717) is 13.2 Å². The van der Waals surface area contributed by atoms with Gasteiger partial charge in [0, 0.05) is 20.8 Å². The monoisotopic (exact) mass is 189 g/mol. The van der Waals surface area contributed by atoms with E-state index in [9.17, 15) is 5.11 Å². The fourth-order valence-corrected chi connectivity index (χ4v) is 2.07.